The lowest BCUT2D eigenvalue weighted by molar-refractivity contribution is -0.143. The highest BCUT2D eigenvalue weighted by atomic mass is 35.5. The summed E-state index contributed by atoms with van der Waals surface area (Å²) in [6, 6.07) is 14.6. The molecule has 1 saturated heterocycles. The Morgan fingerprint density at radius 3 is 2.72 bits per heavy atom. The van der Waals surface area contributed by atoms with Gasteiger partial charge in [0.2, 0.25) is 11.8 Å². The molecule has 2 heterocycles. The van der Waals surface area contributed by atoms with E-state index in [0.29, 0.717) is 30.5 Å². The van der Waals surface area contributed by atoms with E-state index in [0.717, 1.165) is 42.7 Å². The molecule has 1 unspecified atom stereocenters. The van der Waals surface area contributed by atoms with E-state index >= 15 is 0 Å². The predicted molar refractivity (Wildman–Crippen MR) is 111 cm³/mol. The van der Waals surface area contributed by atoms with E-state index in [1.165, 1.54) is 0 Å². The summed E-state index contributed by atoms with van der Waals surface area (Å²) in [5.41, 5.74) is 2.78. The normalized spacial score (nSPS) is 19.7. The van der Waals surface area contributed by atoms with E-state index in [-0.39, 0.29) is 11.8 Å². The van der Waals surface area contributed by atoms with Gasteiger partial charge in [-0.15, -0.1) is 0 Å². The second-order valence-electron chi connectivity index (χ2n) is 7.73. The third-order valence-corrected chi connectivity index (χ3v) is 5.96. The molecule has 0 aliphatic carbocycles. The molecule has 5 nitrogen and oxygen atoms in total. The van der Waals surface area contributed by atoms with E-state index in [9.17, 15) is 9.59 Å². The van der Waals surface area contributed by atoms with Gasteiger partial charge in [-0.25, -0.2) is 0 Å². The second-order valence-corrected chi connectivity index (χ2v) is 8.16. The minimum atomic E-state index is -0.602. The molecule has 2 aliphatic rings. The smallest absolute Gasteiger partial charge is 0.247 e. The first-order valence-electron chi connectivity index (χ1n) is 10.1. The lowest BCUT2D eigenvalue weighted by Crippen LogP contribution is -2.49. The maximum absolute atomic E-state index is 13.3. The molecule has 2 amide bonds. The summed E-state index contributed by atoms with van der Waals surface area (Å²) in [4.78, 5) is 28.0. The number of nitrogens with one attached hydrogen (secondary N) is 1. The third-order valence-electron chi connectivity index (χ3n) is 5.72. The van der Waals surface area contributed by atoms with Gasteiger partial charge in [0.1, 0.15) is 6.04 Å². The average molecular weight is 413 g/mol. The first kappa shape index (κ1) is 19.9. The number of amides is 2. The molecule has 2 aromatic carbocycles. The molecule has 0 radical (unpaired) electrons. The molecule has 1 atom stereocenters. The number of rotatable bonds is 5. The molecule has 29 heavy (non-hydrogen) atoms. The number of benzene rings is 2. The molecule has 152 valence electrons. The molecular formula is C23H25ClN2O3. The fraction of sp³-hybridized carbons (Fsp3) is 0.391. The molecule has 2 aromatic rings. The molecule has 1 N–H and O–H groups in total. The van der Waals surface area contributed by atoms with Gasteiger partial charge in [0, 0.05) is 31.3 Å². The van der Waals surface area contributed by atoms with Crippen molar-refractivity contribution in [1.29, 1.82) is 0 Å². The Morgan fingerprint density at radius 2 is 1.93 bits per heavy atom. The zero-order valence-corrected chi connectivity index (χ0v) is 17.0. The number of halogens is 1. The lowest BCUT2D eigenvalue weighted by Gasteiger charge is -2.39. The van der Waals surface area contributed by atoms with Crippen molar-refractivity contribution in [3.8, 4) is 0 Å². The van der Waals surface area contributed by atoms with Crippen LogP contribution in [-0.2, 0) is 27.3 Å². The topological polar surface area (TPSA) is 58.6 Å². The molecule has 4 rings (SSSR count). The Labute approximate surface area is 176 Å². The van der Waals surface area contributed by atoms with Crippen molar-refractivity contribution in [2.24, 2.45) is 5.92 Å². The number of nitrogens with zero attached hydrogens (tertiary/aromatic N) is 1. The molecule has 6 heteroatoms. The summed E-state index contributed by atoms with van der Waals surface area (Å²) in [6.45, 7) is 2.40. The zero-order valence-electron chi connectivity index (χ0n) is 16.3. The Hall–Kier alpha value is -2.37. The maximum Gasteiger partial charge on any atom is 0.247 e. The van der Waals surface area contributed by atoms with Crippen molar-refractivity contribution >= 4 is 23.4 Å². The summed E-state index contributed by atoms with van der Waals surface area (Å²) in [6.07, 6.45) is 2.18. The Balaban J connectivity index is 1.56. The van der Waals surface area contributed by atoms with Crippen molar-refractivity contribution in [2.45, 2.75) is 31.8 Å². The van der Waals surface area contributed by atoms with Gasteiger partial charge in [-0.2, -0.15) is 0 Å². The molecule has 0 spiro atoms. The van der Waals surface area contributed by atoms with Crippen LogP contribution >= 0.6 is 11.6 Å². The van der Waals surface area contributed by atoms with E-state index in [1.807, 2.05) is 42.5 Å². The van der Waals surface area contributed by atoms with Gasteiger partial charge in [-0.05, 0) is 47.6 Å². The summed E-state index contributed by atoms with van der Waals surface area (Å²) >= 11 is 6.05. The molecule has 0 saturated carbocycles. The Kier molecular flexibility index (Phi) is 6.16. The van der Waals surface area contributed by atoms with E-state index in [1.54, 1.807) is 11.0 Å². The summed E-state index contributed by atoms with van der Waals surface area (Å²) in [5, 5.41) is 3.64. The number of ether oxygens (including phenoxy) is 1. The van der Waals surface area contributed by atoms with E-state index in [4.69, 9.17) is 16.3 Å². The number of carbonyl (C=O) groups excluding carboxylic acids is 2. The van der Waals surface area contributed by atoms with Crippen molar-refractivity contribution < 1.29 is 14.3 Å². The van der Waals surface area contributed by atoms with Crippen LogP contribution in [0, 0.1) is 5.92 Å². The van der Waals surface area contributed by atoms with Crippen LogP contribution in [-0.4, -0.2) is 36.5 Å². The maximum atomic E-state index is 13.3. The largest absolute Gasteiger partial charge is 0.381 e. The minimum absolute atomic E-state index is 0.0121. The third kappa shape index (κ3) is 4.62. The van der Waals surface area contributed by atoms with Crippen LogP contribution in [0.25, 0.3) is 0 Å². The van der Waals surface area contributed by atoms with Crippen molar-refractivity contribution in [2.75, 3.05) is 19.8 Å². The SMILES string of the molecule is O=C(NCc1cccc(Cl)c1)C1c2ccccc2CC(=O)N1CC1CCOCC1. The van der Waals surface area contributed by atoms with Crippen LogP contribution in [0.15, 0.2) is 48.5 Å². The highest BCUT2D eigenvalue weighted by molar-refractivity contribution is 6.30. The van der Waals surface area contributed by atoms with Crippen LogP contribution in [0.4, 0.5) is 0 Å². The predicted octanol–water partition coefficient (Wildman–Crippen LogP) is 3.51. The number of hydrogen-bond donors (Lipinski definition) is 1. The van der Waals surface area contributed by atoms with Crippen LogP contribution in [0.1, 0.15) is 35.6 Å². The van der Waals surface area contributed by atoms with Gasteiger partial charge in [-0.3, -0.25) is 9.59 Å². The Morgan fingerprint density at radius 1 is 1.14 bits per heavy atom. The average Bonchev–Trinajstić information content (AvgIpc) is 2.73. The second kappa shape index (κ2) is 8.97. The minimum Gasteiger partial charge on any atom is -0.381 e. The monoisotopic (exact) mass is 412 g/mol. The number of fused-ring (bicyclic) bond motifs is 1. The van der Waals surface area contributed by atoms with Crippen LogP contribution < -0.4 is 5.32 Å². The number of carbonyl (C=O) groups is 2. The van der Waals surface area contributed by atoms with Crippen LogP contribution in [0.3, 0.4) is 0 Å². The standard InChI is InChI=1S/C23H25ClN2O3/c24-19-6-3-4-17(12-19)14-25-23(28)22-20-7-2-1-5-18(20)13-21(27)26(22)15-16-8-10-29-11-9-16/h1-7,12,16,22H,8-11,13-15H2,(H,25,28). The quantitative estimate of drug-likeness (QED) is 0.817. The number of hydrogen-bond acceptors (Lipinski definition) is 3. The van der Waals surface area contributed by atoms with Crippen molar-refractivity contribution in [1.82, 2.24) is 10.2 Å². The van der Waals surface area contributed by atoms with Crippen molar-refractivity contribution in [3.05, 3.63) is 70.2 Å². The van der Waals surface area contributed by atoms with E-state index < -0.39 is 6.04 Å². The van der Waals surface area contributed by atoms with Crippen molar-refractivity contribution in [3.63, 3.8) is 0 Å². The van der Waals surface area contributed by atoms with Crippen LogP contribution in [0.5, 0.6) is 0 Å². The first-order valence-corrected chi connectivity index (χ1v) is 10.5. The van der Waals surface area contributed by atoms with Gasteiger partial charge < -0.3 is 15.0 Å². The van der Waals surface area contributed by atoms with Crippen LogP contribution in [0.2, 0.25) is 5.02 Å². The molecule has 1 fully saturated rings. The van der Waals surface area contributed by atoms with Gasteiger partial charge >= 0.3 is 0 Å². The van der Waals surface area contributed by atoms with Gasteiger partial charge in [-0.1, -0.05) is 48.0 Å². The summed E-state index contributed by atoms with van der Waals surface area (Å²) < 4.78 is 5.45. The fourth-order valence-corrected chi connectivity index (χ4v) is 4.38. The van der Waals surface area contributed by atoms with Gasteiger partial charge in [0.15, 0.2) is 0 Å². The van der Waals surface area contributed by atoms with Gasteiger partial charge in [0.25, 0.3) is 0 Å². The lowest BCUT2D eigenvalue weighted by atomic mass is 9.89. The highest BCUT2D eigenvalue weighted by Crippen LogP contribution is 2.32. The van der Waals surface area contributed by atoms with Gasteiger partial charge in [0.05, 0.1) is 6.42 Å². The molecule has 2 aliphatic heterocycles. The zero-order chi connectivity index (χ0) is 20.2. The molecule has 0 aromatic heterocycles. The summed E-state index contributed by atoms with van der Waals surface area (Å²) in [7, 11) is 0. The fourth-order valence-electron chi connectivity index (χ4n) is 4.17. The molecular weight excluding hydrogens is 388 g/mol. The highest BCUT2D eigenvalue weighted by Gasteiger charge is 2.38. The summed E-state index contributed by atoms with van der Waals surface area (Å²) in [5.74, 6) is 0.219. The van der Waals surface area contributed by atoms with E-state index in [2.05, 4.69) is 5.32 Å². The Bertz CT molecular complexity index is 895. The first-order chi connectivity index (χ1) is 14.1. The molecule has 0 bridgehead atoms.